The molecule has 38 heavy (non-hydrogen) atoms. The smallest absolute Gasteiger partial charge is 0.320 e. The van der Waals surface area contributed by atoms with Crippen LogP contribution in [0.2, 0.25) is 0 Å². The van der Waals surface area contributed by atoms with Crippen molar-refractivity contribution in [3.05, 3.63) is 41.5 Å². The van der Waals surface area contributed by atoms with Crippen LogP contribution < -0.4 is 15.4 Å². The largest absolute Gasteiger partial charge is 0.463 e. The maximum Gasteiger partial charge on any atom is 0.320 e. The summed E-state index contributed by atoms with van der Waals surface area (Å²) in [6, 6.07) is 10.3. The van der Waals surface area contributed by atoms with Crippen LogP contribution in [0.1, 0.15) is 37.3 Å². The van der Waals surface area contributed by atoms with E-state index >= 15 is 0 Å². The van der Waals surface area contributed by atoms with Crippen molar-refractivity contribution in [3.8, 4) is 6.01 Å². The monoisotopic (exact) mass is 523 g/mol. The number of Topliss-reactive ketones (excluding diaryl/α,β-unsaturated/α-hetero) is 1. The second-order valence-corrected chi connectivity index (χ2v) is 10.3. The van der Waals surface area contributed by atoms with Crippen LogP contribution in [-0.2, 0) is 22.6 Å². The lowest BCUT2D eigenvalue weighted by atomic mass is 10.0. The first-order chi connectivity index (χ1) is 18.4. The Morgan fingerprint density at radius 1 is 1.11 bits per heavy atom. The quantitative estimate of drug-likeness (QED) is 0.417. The summed E-state index contributed by atoms with van der Waals surface area (Å²) in [5.74, 6) is 1.18. The molecule has 2 aliphatic rings. The van der Waals surface area contributed by atoms with Gasteiger partial charge in [-0.2, -0.15) is 9.97 Å². The maximum absolute atomic E-state index is 13.4. The van der Waals surface area contributed by atoms with Gasteiger partial charge in [0.25, 0.3) is 0 Å². The number of aromatic nitrogens is 2. The molecule has 10 heteroatoms. The molecular formula is C28H41N7O3. The fraction of sp³-hybridized carbons (Fsp3) is 0.571. The number of amides is 1. The number of nitrogens with two attached hydrogens (primary N) is 1. The minimum Gasteiger partial charge on any atom is -0.463 e. The molecule has 1 saturated heterocycles. The molecule has 0 atom stereocenters. The number of hydrogen-bond acceptors (Lipinski definition) is 9. The van der Waals surface area contributed by atoms with E-state index in [1.54, 1.807) is 0 Å². The predicted molar refractivity (Wildman–Crippen MR) is 148 cm³/mol. The van der Waals surface area contributed by atoms with Crippen molar-refractivity contribution in [1.82, 2.24) is 24.7 Å². The third kappa shape index (κ3) is 7.64. The van der Waals surface area contributed by atoms with Gasteiger partial charge in [-0.1, -0.05) is 43.7 Å². The number of ketones is 1. The van der Waals surface area contributed by atoms with Crippen LogP contribution >= 0.6 is 0 Å². The number of ether oxygens (including phenoxy) is 1. The molecule has 2 aromatic rings. The van der Waals surface area contributed by atoms with Crippen molar-refractivity contribution in [3.63, 3.8) is 0 Å². The van der Waals surface area contributed by atoms with E-state index in [4.69, 9.17) is 10.5 Å². The van der Waals surface area contributed by atoms with E-state index in [2.05, 4.69) is 45.9 Å². The summed E-state index contributed by atoms with van der Waals surface area (Å²) in [5.41, 5.74) is 7.97. The second-order valence-electron chi connectivity index (χ2n) is 10.3. The molecule has 10 nitrogen and oxygen atoms in total. The summed E-state index contributed by atoms with van der Waals surface area (Å²) in [6.45, 7) is 8.79. The summed E-state index contributed by atoms with van der Waals surface area (Å²) < 4.78 is 5.71. The highest BCUT2D eigenvalue weighted by Gasteiger charge is 2.28. The van der Waals surface area contributed by atoms with E-state index in [-0.39, 0.29) is 30.7 Å². The van der Waals surface area contributed by atoms with Crippen LogP contribution in [0.4, 0.5) is 11.6 Å². The van der Waals surface area contributed by atoms with Gasteiger partial charge in [-0.15, -0.1) is 0 Å². The van der Waals surface area contributed by atoms with E-state index in [1.165, 1.54) is 0 Å². The van der Waals surface area contributed by atoms with Gasteiger partial charge >= 0.3 is 6.01 Å². The van der Waals surface area contributed by atoms with Gasteiger partial charge in [0.05, 0.1) is 19.7 Å². The van der Waals surface area contributed by atoms with E-state index in [9.17, 15) is 9.59 Å². The zero-order chi connectivity index (χ0) is 26.9. The van der Waals surface area contributed by atoms with E-state index in [0.717, 1.165) is 44.6 Å². The minimum atomic E-state index is 0.0831. The van der Waals surface area contributed by atoms with Crippen LogP contribution in [0.5, 0.6) is 6.01 Å². The van der Waals surface area contributed by atoms with Crippen LogP contribution in [0.25, 0.3) is 0 Å². The first kappa shape index (κ1) is 27.8. The van der Waals surface area contributed by atoms with Crippen molar-refractivity contribution in [2.45, 2.75) is 39.2 Å². The number of benzene rings is 1. The Kier molecular flexibility index (Phi) is 9.89. The average molecular weight is 524 g/mol. The molecule has 0 radical (unpaired) electrons. The molecule has 0 saturated carbocycles. The topological polar surface area (TPSA) is 108 Å². The third-order valence-corrected chi connectivity index (χ3v) is 7.15. The summed E-state index contributed by atoms with van der Waals surface area (Å²) >= 11 is 0. The molecule has 0 aliphatic carbocycles. The molecule has 1 aromatic carbocycles. The Bertz CT molecular complexity index is 1070. The van der Waals surface area contributed by atoms with Gasteiger partial charge in [0, 0.05) is 57.8 Å². The summed E-state index contributed by atoms with van der Waals surface area (Å²) in [6.07, 6.45) is 2.84. The zero-order valence-corrected chi connectivity index (χ0v) is 22.8. The molecule has 0 unspecified atom stereocenters. The fourth-order valence-corrected chi connectivity index (χ4v) is 4.84. The molecule has 0 bridgehead atoms. The van der Waals surface area contributed by atoms with Gasteiger partial charge in [-0.05, 0) is 25.5 Å². The van der Waals surface area contributed by atoms with E-state index in [0.29, 0.717) is 56.4 Å². The van der Waals surface area contributed by atoms with Gasteiger partial charge in [0.15, 0.2) is 5.78 Å². The van der Waals surface area contributed by atoms with Gasteiger partial charge in [-0.25, -0.2) is 0 Å². The van der Waals surface area contributed by atoms with Crippen LogP contribution in [-0.4, -0.2) is 102 Å². The Balaban J connectivity index is 1.42. The fourth-order valence-electron chi connectivity index (χ4n) is 4.84. The maximum atomic E-state index is 13.4. The highest BCUT2D eigenvalue weighted by atomic mass is 16.5. The number of carbonyl (C=O) groups excluding carboxylic acids is 2. The molecule has 2 N–H and O–H groups in total. The molecule has 206 valence electrons. The molecule has 0 spiro atoms. The molecule has 3 heterocycles. The lowest BCUT2D eigenvalue weighted by molar-refractivity contribution is -0.133. The minimum absolute atomic E-state index is 0.0831. The number of likely N-dealkylation sites (N-methyl/N-ethyl adjacent to an activating group) is 1. The first-order valence-corrected chi connectivity index (χ1v) is 13.7. The summed E-state index contributed by atoms with van der Waals surface area (Å²) in [4.78, 5) is 43.2. The summed E-state index contributed by atoms with van der Waals surface area (Å²) in [7, 11) is 2.11. The molecule has 1 amide bonds. The number of carbonyl (C=O) groups is 2. The number of nitrogen functional groups attached to an aromatic ring is 1. The van der Waals surface area contributed by atoms with Crippen LogP contribution in [0.3, 0.4) is 0 Å². The second kappa shape index (κ2) is 13.5. The summed E-state index contributed by atoms with van der Waals surface area (Å²) in [5, 5.41) is 0. The number of hydrogen-bond donors (Lipinski definition) is 1. The lowest BCUT2D eigenvalue weighted by Crippen LogP contribution is -2.49. The highest BCUT2D eigenvalue weighted by molar-refractivity contribution is 5.91. The standard InChI is InChI=1S/C28H41N7O3/c1-3-4-17-38-28-30-26(29)24-18-23(36)20-35(27(24)31-28)12-8-11-34(19-22-9-6-5-7-10-22)25(37)21-33-15-13-32(2)14-16-33/h5-7,9-10H,3-4,8,11-21H2,1-2H3,(H2,29,30,31). The number of nitrogens with zero attached hydrogens (tertiary/aromatic N) is 6. The van der Waals surface area contributed by atoms with Crippen LogP contribution in [0, 0.1) is 0 Å². The Morgan fingerprint density at radius 3 is 2.61 bits per heavy atom. The number of rotatable bonds is 12. The Morgan fingerprint density at radius 2 is 1.87 bits per heavy atom. The first-order valence-electron chi connectivity index (χ1n) is 13.7. The number of unbranched alkanes of at least 4 members (excludes halogenated alkanes) is 1. The SMILES string of the molecule is CCCCOc1nc(N)c2c(n1)N(CCCN(Cc1ccccc1)C(=O)CN1CCN(C)CC1)CC(=O)C2. The number of anilines is 2. The number of fused-ring (bicyclic) bond motifs is 1. The van der Waals surface area contributed by atoms with Crippen molar-refractivity contribution >= 4 is 23.3 Å². The van der Waals surface area contributed by atoms with Crippen molar-refractivity contribution < 1.29 is 14.3 Å². The Labute approximate surface area is 225 Å². The molecular weight excluding hydrogens is 482 g/mol. The number of piperazine rings is 1. The molecule has 4 rings (SSSR count). The molecule has 1 aromatic heterocycles. The van der Waals surface area contributed by atoms with Gasteiger partial charge < -0.3 is 25.2 Å². The van der Waals surface area contributed by atoms with Crippen LogP contribution in [0.15, 0.2) is 30.3 Å². The van der Waals surface area contributed by atoms with E-state index < -0.39 is 0 Å². The predicted octanol–water partition coefficient (Wildman–Crippen LogP) is 1.84. The van der Waals surface area contributed by atoms with Gasteiger partial charge in [0.1, 0.15) is 11.6 Å². The zero-order valence-electron chi connectivity index (χ0n) is 22.8. The highest BCUT2D eigenvalue weighted by Crippen LogP contribution is 2.29. The average Bonchev–Trinajstić information content (AvgIpc) is 2.90. The van der Waals surface area contributed by atoms with Crippen molar-refractivity contribution in [2.75, 3.05) is 76.6 Å². The lowest BCUT2D eigenvalue weighted by Gasteiger charge is -2.34. The molecule has 1 fully saturated rings. The normalized spacial score (nSPS) is 16.4. The van der Waals surface area contributed by atoms with Gasteiger partial charge in [-0.3, -0.25) is 14.5 Å². The van der Waals surface area contributed by atoms with E-state index in [1.807, 2.05) is 28.0 Å². The van der Waals surface area contributed by atoms with Crippen molar-refractivity contribution in [1.29, 1.82) is 0 Å². The van der Waals surface area contributed by atoms with Gasteiger partial charge in [0.2, 0.25) is 5.91 Å². The molecule has 2 aliphatic heterocycles. The third-order valence-electron chi connectivity index (χ3n) is 7.15. The Hall–Kier alpha value is -3.24. The van der Waals surface area contributed by atoms with Crippen molar-refractivity contribution in [2.24, 2.45) is 0 Å².